The van der Waals surface area contributed by atoms with E-state index in [1.54, 1.807) is 0 Å². The van der Waals surface area contributed by atoms with Crippen LogP contribution in [0.2, 0.25) is 0 Å². The van der Waals surface area contributed by atoms with Gasteiger partial charge in [-0.3, -0.25) is 4.79 Å². The zero-order valence-corrected chi connectivity index (χ0v) is 11.4. The zero-order valence-electron chi connectivity index (χ0n) is 11.4. The molecule has 5 heteroatoms. The van der Waals surface area contributed by atoms with Crippen LogP contribution in [0.1, 0.15) is 36.9 Å². The molecule has 1 aliphatic carbocycles. The number of nitrogens with two attached hydrogens (primary N) is 2. The van der Waals surface area contributed by atoms with Crippen molar-refractivity contribution in [3.05, 3.63) is 23.4 Å². The van der Waals surface area contributed by atoms with Crippen molar-refractivity contribution < 1.29 is 4.79 Å². The van der Waals surface area contributed by atoms with Crippen molar-refractivity contribution in [2.45, 2.75) is 45.2 Å². The molecule has 4 N–H and O–H groups in total. The molecular formula is C14H22N4O. The SMILES string of the molecule is Cc1ccc(CN)c(N(CC(N)=O)C2CCCC2)n1. The highest BCUT2D eigenvalue weighted by Crippen LogP contribution is 2.29. The van der Waals surface area contributed by atoms with Crippen molar-refractivity contribution in [1.82, 2.24) is 4.98 Å². The summed E-state index contributed by atoms with van der Waals surface area (Å²) >= 11 is 0. The van der Waals surface area contributed by atoms with E-state index in [9.17, 15) is 4.79 Å². The quantitative estimate of drug-likeness (QED) is 0.831. The molecule has 0 unspecified atom stereocenters. The molecule has 1 saturated carbocycles. The van der Waals surface area contributed by atoms with E-state index in [0.29, 0.717) is 12.6 Å². The van der Waals surface area contributed by atoms with Gasteiger partial charge in [-0.15, -0.1) is 0 Å². The summed E-state index contributed by atoms with van der Waals surface area (Å²) in [7, 11) is 0. The molecule has 0 saturated heterocycles. The number of aryl methyl sites for hydroxylation is 1. The second-order valence-corrected chi connectivity index (χ2v) is 5.17. The summed E-state index contributed by atoms with van der Waals surface area (Å²) in [6.07, 6.45) is 4.58. The van der Waals surface area contributed by atoms with Crippen LogP contribution in [0.4, 0.5) is 5.82 Å². The van der Waals surface area contributed by atoms with Gasteiger partial charge in [0.05, 0.1) is 6.54 Å². The zero-order chi connectivity index (χ0) is 13.8. The lowest BCUT2D eigenvalue weighted by Crippen LogP contribution is -2.41. The standard InChI is InChI=1S/C14H22N4O/c1-10-6-7-11(8-15)14(17-10)18(9-13(16)19)12-4-2-3-5-12/h6-7,12H,2-5,8-9,15H2,1H3,(H2,16,19). The summed E-state index contributed by atoms with van der Waals surface area (Å²) in [5, 5.41) is 0. The first-order valence-electron chi connectivity index (χ1n) is 6.83. The Morgan fingerprint density at radius 3 is 2.68 bits per heavy atom. The van der Waals surface area contributed by atoms with Crippen LogP contribution in [0.25, 0.3) is 0 Å². The van der Waals surface area contributed by atoms with E-state index in [-0.39, 0.29) is 12.5 Å². The second-order valence-electron chi connectivity index (χ2n) is 5.17. The Bertz CT molecular complexity index is 455. The summed E-state index contributed by atoms with van der Waals surface area (Å²) < 4.78 is 0. The monoisotopic (exact) mass is 262 g/mol. The van der Waals surface area contributed by atoms with Gasteiger partial charge in [0.15, 0.2) is 0 Å². The first-order valence-corrected chi connectivity index (χ1v) is 6.83. The van der Waals surface area contributed by atoms with Gasteiger partial charge in [-0.1, -0.05) is 18.9 Å². The number of anilines is 1. The maximum Gasteiger partial charge on any atom is 0.237 e. The van der Waals surface area contributed by atoms with E-state index >= 15 is 0 Å². The van der Waals surface area contributed by atoms with Crippen LogP contribution in [-0.2, 0) is 11.3 Å². The van der Waals surface area contributed by atoms with Crippen LogP contribution in [0.3, 0.4) is 0 Å². The van der Waals surface area contributed by atoms with Crippen LogP contribution in [0, 0.1) is 6.92 Å². The smallest absolute Gasteiger partial charge is 0.237 e. The average Bonchev–Trinajstić information content (AvgIpc) is 2.89. The molecule has 1 heterocycles. The van der Waals surface area contributed by atoms with Gasteiger partial charge in [0.2, 0.25) is 5.91 Å². The Kier molecular flexibility index (Phi) is 4.37. The van der Waals surface area contributed by atoms with Crippen molar-refractivity contribution >= 4 is 11.7 Å². The first-order chi connectivity index (χ1) is 9.11. The molecule has 19 heavy (non-hydrogen) atoms. The number of primary amides is 1. The fourth-order valence-corrected chi connectivity index (χ4v) is 2.74. The highest BCUT2D eigenvalue weighted by atomic mass is 16.1. The number of hydrogen-bond acceptors (Lipinski definition) is 4. The molecule has 104 valence electrons. The van der Waals surface area contributed by atoms with Crippen LogP contribution in [-0.4, -0.2) is 23.5 Å². The van der Waals surface area contributed by atoms with E-state index in [4.69, 9.17) is 11.5 Å². The Hall–Kier alpha value is -1.62. The largest absolute Gasteiger partial charge is 0.368 e. The molecule has 1 aromatic rings. The normalized spacial score (nSPS) is 15.7. The molecule has 2 rings (SSSR count). The molecule has 0 aliphatic heterocycles. The number of amides is 1. The van der Waals surface area contributed by atoms with Gasteiger partial charge in [-0.05, 0) is 25.8 Å². The van der Waals surface area contributed by atoms with E-state index < -0.39 is 0 Å². The number of rotatable bonds is 5. The van der Waals surface area contributed by atoms with Crippen LogP contribution in [0.15, 0.2) is 12.1 Å². The molecule has 1 aliphatic rings. The fraction of sp³-hybridized carbons (Fsp3) is 0.571. The van der Waals surface area contributed by atoms with Crippen LogP contribution in [0.5, 0.6) is 0 Å². The highest BCUT2D eigenvalue weighted by molar-refractivity contribution is 5.79. The Morgan fingerprint density at radius 2 is 2.11 bits per heavy atom. The summed E-state index contributed by atoms with van der Waals surface area (Å²) in [5.41, 5.74) is 13.1. The lowest BCUT2D eigenvalue weighted by Gasteiger charge is -2.30. The molecule has 5 nitrogen and oxygen atoms in total. The van der Waals surface area contributed by atoms with Crippen molar-refractivity contribution in [2.24, 2.45) is 11.5 Å². The van der Waals surface area contributed by atoms with Crippen molar-refractivity contribution in [3.63, 3.8) is 0 Å². The van der Waals surface area contributed by atoms with Gasteiger partial charge in [0.25, 0.3) is 0 Å². The van der Waals surface area contributed by atoms with Gasteiger partial charge in [0.1, 0.15) is 5.82 Å². The van der Waals surface area contributed by atoms with Gasteiger partial charge in [-0.2, -0.15) is 0 Å². The predicted molar refractivity (Wildman–Crippen MR) is 75.7 cm³/mol. The minimum Gasteiger partial charge on any atom is -0.368 e. The molecule has 0 radical (unpaired) electrons. The van der Waals surface area contributed by atoms with Crippen molar-refractivity contribution in [3.8, 4) is 0 Å². The van der Waals surface area contributed by atoms with Crippen LogP contribution >= 0.6 is 0 Å². The maximum atomic E-state index is 11.3. The molecule has 1 amide bonds. The predicted octanol–water partition coefficient (Wildman–Crippen LogP) is 1.08. The number of carbonyl (C=O) groups excluding carboxylic acids is 1. The van der Waals surface area contributed by atoms with E-state index in [1.165, 1.54) is 12.8 Å². The summed E-state index contributed by atoms with van der Waals surface area (Å²) in [6.45, 7) is 2.58. The van der Waals surface area contributed by atoms with Gasteiger partial charge in [-0.25, -0.2) is 4.98 Å². The van der Waals surface area contributed by atoms with E-state index in [2.05, 4.69) is 4.98 Å². The van der Waals surface area contributed by atoms with Gasteiger partial charge in [0, 0.05) is 23.8 Å². The third-order valence-corrected chi connectivity index (χ3v) is 3.68. The number of carbonyl (C=O) groups is 1. The minimum atomic E-state index is -0.321. The lowest BCUT2D eigenvalue weighted by atomic mass is 10.1. The molecular weight excluding hydrogens is 240 g/mol. The molecule has 0 atom stereocenters. The summed E-state index contributed by atoms with van der Waals surface area (Å²) in [4.78, 5) is 18.0. The third kappa shape index (κ3) is 3.23. The number of hydrogen-bond donors (Lipinski definition) is 2. The van der Waals surface area contributed by atoms with Crippen molar-refractivity contribution in [2.75, 3.05) is 11.4 Å². The topological polar surface area (TPSA) is 85.2 Å². The number of pyridine rings is 1. The Morgan fingerprint density at radius 1 is 1.42 bits per heavy atom. The number of nitrogens with zero attached hydrogens (tertiary/aromatic N) is 2. The third-order valence-electron chi connectivity index (χ3n) is 3.68. The molecule has 1 fully saturated rings. The Balaban J connectivity index is 2.35. The molecule has 0 bridgehead atoms. The summed E-state index contributed by atoms with van der Waals surface area (Å²) in [5.74, 6) is 0.506. The number of aromatic nitrogens is 1. The summed E-state index contributed by atoms with van der Waals surface area (Å²) in [6, 6.07) is 4.29. The maximum absolute atomic E-state index is 11.3. The Labute approximate surface area is 114 Å². The molecule has 0 aromatic carbocycles. The van der Waals surface area contributed by atoms with Crippen molar-refractivity contribution in [1.29, 1.82) is 0 Å². The lowest BCUT2D eigenvalue weighted by molar-refractivity contribution is -0.116. The average molecular weight is 262 g/mol. The van der Waals surface area contributed by atoms with Gasteiger partial charge < -0.3 is 16.4 Å². The van der Waals surface area contributed by atoms with E-state index in [0.717, 1.165) is 29.9 Å². The van der Waals surface area contributed by atoms with E-state index in [1.807, 2.05) is 24.0 Å². The second kappa shape index (κ2) is 6.02. The first kappa shape index (κ1) is 13.8. The fourth-order valence-electron chi connectivity index (χ4n) is 2.74. The van der Waals surface area contributed by atoms with Gasteiger partial charge >= 0.3 is 0 Å². The minimum absolute atomic E-state index is 0.216. The highest BCUT2D eigenvalue weighted by Gasteiger charge is 2.26. The molecule has 0 spiro atoms. The van der Waals surface area contributed by atoms with Crippen LogP contribution < -0.4 is 16.4 Å². The molecule has 1 aromatic heterocycles.